The smallest absolute Gasteiger partial charge is 0.253 e. The maximum absolute atomic E-state index is 13.6. The molecule has 8 nitrogen and oxygen atoms in total. The summed E-state index contributed by atoms with van der Waals surface area (Å²) in [5.41, 5.74) is 7.04. The molecule has 0 saturated carbocycles. The number of benzene rings is 3. The average Bonchev–Trinajstić information content (AvgIpc) is 3.40. The van der Waals surface area contributed by atoms with E-state index in [1.807, 2.05) is 25.1 Å². The zero-order valence-electron chi connectivity index (χ0n) is 22.9. The Morgan fingerprint density at radius 1 is 0.950 bits per heavy atom. The van der Waals surface area contributed by atoms with Gasteiger partial charge in [-0.1, -0.05) is 35.9 Å². The average molecular weight is 538 g/mol. The van der Waals surface area contributed by atoms with E-state index < -0.39 is 6.04 Å². The number of rotatable bonds is 6. The van der Waals surface area contributed by atoms with Crippen LogP contribution in [0, 0.1) is 26.6 Å². The molecule has 0 bridgehead atoms. The van der Waals surface area contributed by atoms with Crippen molar-refractivity contribution in [3.05, 3.63) is 117 Å². The molecule has 0 radical (unpaired) electrons. The lowest BCUT2D eigenvalue weighted by Gasteiger charge is -2.40. The third-order valence-electron chi connectivity index (χ3n) is 7.97. The summed E-state index contributed by atoms with van der Waals surface area (Å²) in [7, 11) is 0. The van der Waals surface area contributed by atoms with Crippen LogP contribution in [0.15, 0.2) is 71.5 Å². The summed E-state index contributed by atoms with van der Waals surface area (Å²) < 4.78 is 15.3. The third kappa shape index (κ3) is 5.00. The molecule has 3 heterocycles. The SMILES string of the molecule is Cc1ccc2[nH]c(=O)c([C@@H](c3nnnn3Cc3ccc(F)cc3)N3CCN(c4cccc(C)c4C)CC3)cc2c1. The fraction of sp³-hybridized carbons (Fsp3) is 0.290. The van der Waals surface area contributed by atoms with Crippen LogP contribution < -0.4 is 10.5 Å². The summed E-state index contributed by atoms with van der Waals surface area (Å²) >= 11 is 0. The molecule has 1 aliphatic rings. The highest BCUT2D eigenvalue weighted by atomic mass is 19.1. The van der Waals surface area contributed by atoms with E-state index in [0.29, 0.717) is 17.9 Å². The largest absolute Gasteiger partial charge is 0.369 e. The first-order valence-corrected chi connectivity index (χ1v) is 13.6. The fourth-order valence-corrected chi connectivity index (χ4v) is 5.63. The molecule has 0 spiro atoms. The minimum absolute atomic E-state index is 0.158. The van der Waals surface area contributed by atoms with Gasteiger partial charge >= 0.3 is 0 Å². The van der Waals surface area contributed by atoms with Crippen LogP contribution in [0.5, 0.6) is 0 Å². The van der Waals surface area contributed by atoms with E-state index in [4.69, 9.17) is 0 Å². The topological polar surface area (TPSA) is 82.9 Å². The van der Waals surface area contributed by atoms with Gasteiger partial charge in [-0.25, -0.2) is 9.07 Å². The van der Waals surface area contributed by atoms with E-state index in [9.17, 15) is 9.18 Å². The van der Waals surface area contributed by atoms with Gasteiger partial charge in [0.2, 0.25) is 0 Å². The van der Waals surface area contributed by atoms with E-state index in [1.165, 1.54) is 28.9 Å². The number of anilines is 1. The zero-order valence-corrected chi connectivity index (χ0v) is 22.9. The number of piperazine rings is 1. The highest BCUT2D eigenvalue weighted by molar-refractivity contribution is 5.79. The Labute approximate surface area is 232 Å². The zero-order chi connectivity index (χ0) is 27.8. The Hall–Kier alpha value is -4.37. The second kappa shape index (κ2) is 10.7. The molecule has 40 heavy (non-hydrogen) atoms. The van der Waals surface area contributed by atoms with Crippen LogP contribution in [-0.4, -0.2) is 56.3 Å². The maximum Gasteiger partial charge on any atom is 0.253 e. The van der Waals surface area contributed by atoms with Gasteiger partial charge in [0.05, 0.1) is 6.54 Å². The summed E-state index contributed by atoms with van der Waals surface area (Å²) in [5, 5.41) is 13.7. The Kier molecular flexibility index (Phi) is 6.89. The second-order valence-corrected chi connectivity index (χ2v) is 10.6. The summed E-state index contributed by atoms with van der Waals surface area (Å²) in [5.74, 6) is 0.292. The minimum Gasteiger partial charge on any atom is -0.369 e. The number of fused-ring (bicyclic) bond motifs is 1. The van der Waals surface area contributed by atoms with Crippen LogP contribution in [0.2, 0.25) is 0 Å². The molecular weight excluding hydrogens is 505 g/mol. The van der Waals surface area contributed by atoms with Crippen molar-refractivity contribution in [1.29, 1.82) is 0 Å². The molecule has 3 aromatic carbocycles. The number of H-pyrrole nitrogens is 1. The lowest BCUT2D eigenvalue weighted by atomic mass is 10.0. The first-order chi connectivity index (χ1) is 19.4. The van der Waals surface area contributed by atoms with Crippen LogP contribution in [0.3, 0.4) is 0 Å². The molecule has 1 atom stereocenters. The van der Waals surface area contributed by atoms with Gasteiger partial charge in [-0.15, -0.1) is 5.10 Å². The van der Waals surface area contributed by atoms with Crippen molar-refractivity contribution >= 4 is 16.6 Å². The number of aromatic nitrogens is 5. The monoisotopic (exact) mass is 537 g/mol. The van der Waals surface area contributed by atoms with Crippen LogP contribution in [0.1, 0.15) is 39.7 Å². The Morgan fingerprint density at radius 3 is 2.50 bits per heavy atom. The molecule has 0 unspecified atom stereocenters. The second-order valence-electron chi connectivity index (χ2n) is 10.6. The van der Waals surface area contributed by atoms with Crippen molar-refractivity contribution in [3.63, 3.8) is 0 Å². The number of halogens is 1. The summed E-state index contributed by atoms with van der Waals surface area (Å²) in [6.45, 7) is 9.79. The first kappa shape index (κ1) is 25.9. The van der Waals surface area contributed by atoms with Gasteiger partial charge in [-0.05, 0) is 89.7 Å². The number of nitrogens with zero attached hydrogens (tertiary/aromatic N) is 6. The van der Waals surface area contributed by atoms with Crippen molar-refractivity contribution in [1.82, 2.24) is 30.1 Å². The van der Waals surface area contributed by atoms with Crippen molar-refractivity contribution in [3.8, 4) is 0 Å². The quantitative estimate of drug-likeness (QED) is 0.343. The van der Waals surface area contributed by atoms with E-state index in [0.717, 1.165) is 48.2 Å². The van der Waals surface area contributed by atoms with Gasteiger partial charge in [0.1, 0.15) is 11.9 Å². The standard InChI is InChI=1S/C31H32FN7O/c1-20-7-12-27-24(17-20)18-26(31(40)33-27)29(30-34-35-36-39(30)19-23-8-10-25(32)11-9-23)38-15-13-37(14-16-38)28-6-4-5-21(2)22(28)3/h4-12,17-18,29H,13-16,19H2,1-3H3,(H,33,40)/t29-/m0/s1. The molecule has 6 rings (SSSR count). The lowest BCUT2D eigenvalue weighted by Crippen LogP contribution is -2.49. The number of aromatic amines is 1. The summed E-state index contributed by atoms with van der Waals surface area (Å²) in [6, 6.07) is 20.3. The molecule has 0 aliphatic carbocycles. The molecule has 5 aromatic rings. The molecule has 1 aliphatic heterocycles. The molecule has 1 saturated heterocycles. The van der Waals surface area contributed by atoms with Crippen molar-refractivity contribution in [2.24, 2.45) is 0 Å². The number of tetrazole rings is 1. The normalized spacial score (nSPS) is 15.1. The Balaban J connectivity index is 1.39. The number of aryl methyl sites for hydroxylation is 2. The van der Waals surface area contributed by atoms with E-state index >= 15 is 0 Å². The van der Waals surface area contributed by atoms with Gasteiger partial charge < -0.3 is 9.88 Å². The molecule has 2 aromatic heterocycles. The van der Waals surface area contributed by atoms with Crippen LogP contribution in [0.4, 0.5) is 10.1 Å². The first-order valence-electron chi connectivity index (χ1n) is 13.6. The highest BCUT2D eigenvalue weighted by Crippen LogP contribution is 2.30. The number of hydrogen-bond donors (Lipinski definition) is 1. The maximum atomic E-state index is 13.6. The molecule has 1 fully saturated rings. The van der Waals surface area contributed by atoms with Crippen molar-refractivity contribution in [2.45, 2.75) is 33.4 Å². The summed E-state index contributed by atoms with van der Waals surface area (Å²) in [4.78, 5) is 21.3. The van der Waals surface area contributed by atoms with Crippen LogP contribution in [0.25, 0.3) is 10.9 Å². The van der Waals surface area contributed by atoms with E-state index in [1.54, 1.807) is 16.8 Å². The summed E-state index contributed by atoms with van der Waals surface area (Å²) in [6.07, 6.45) is 0. The van der Waals surface area contributed by atoms with E-state index in [-0.39, 0.29) is 11.4 Å². The van der Waals surface area contributed by atoms with Crippen molar-refractivity contribution in [2.75, 3.05) is 31.1 Å². The minimum atomic E-state index is -0.454. The van der Waals surface area contributed by atoms with Crippen molar-refractivity contribution < 1.29 is 4.39 Å². The molecular formula is C31H32FN7O. The number of nitrogens with one attached hydrogen (secondary N) is 1. The molecule has 9 heteroatoms. The fourth-order valence-electron chi connectivity index (χ4n) is 5.63. The van der Waals surface area contributed by atoms with Gasteiger partial charge in [-0.2, -0.15) is 0 Å². The Morgan fingerprint density at radius 2 is 1.73 bits per heavy atom. The van der Waals surface area contributed by atoms with E-state index in [2.05, 4.69) is 68.4 Å². The predicted molar refractivity (Wildman–Crippen MR) is 154 cm³/mol. The number of hydrogen-bond acceptors (Lipinski definition) is 6. The van der Waals surface area contributed by atoms with Gasteiger partial charge in [0.15, 0.2) is 5.82 Å². The van der Waals surface area contributed by atoms with Gasteiger partial charge in [0, 0.05) is 42.9 Å². The van der Waals surface area contributed by atoms with Gasteiger partial charge in [0.25, 0.3) is 5.56 Å². The Bertz CT molecular complexity index is 1720. The van der Waals surface area contributed by atoms with Crippen LogP contribution >= 0.6 is 0 Å². The lowest BCUT2D eigenvalue weighted by molar-refractivity contribution is 0.200. The van der Waals surface area contributed by atoms with Crippen LogP contribution in [-0.2, 0) is 6.54 Å². The van der Waals surface area contributed by atoms with Gasteiger partial charge in [-0.3, -0.25) is 9.69 Å². The third-order valence-corrected chi connectivity index (χ3v) is 7.97. The molecule has 1 N–H and O–H groups in total. The number of pyridine rings is 1. The molecule has 204 valence electrons. The predicted octanol–water partition coefficient (Wildman–Crippen LogP) is 4.54. The molecule has 0 amide bonds. The highest BCUT2D eigenvalue weighted by Gasteiger charge is 2.33.